The van der Waals surface area contributed by atoms with Gasteiger partial charge in [-0.05, 0) is 30.2 Å². The molecule has 1 aromatic carbocycles. The number of nitrogens with one attached hydrogen (secondary N) is 1. The van der Waals surface area contributed by atoms with E-state index in [-0.39, 0.29) is 11.5 Å². The van der Waals surface area contributed by atoms with Crippen molar-refractivity contribution in [1.82, 2.24) is 5.32 Å². The molecule has 24 heavy (non-hydrogen) atoms. The van der Waals surface area contributed by atoms with Crippen molar-refractivity contribution < 1.29 is 29.4 Å². The fraction of sp³-hybridized carbons (Fsp3) is 0.375. The van der Waals surface area contributed by atoms with E-state index < -0.39 is 36.3 Å². The number of hydrogen-bond donors (Lipinski definition) is 3. The third kappa shape index (κ3) is 4.80. The van der Waals surface area contributed by atoms with Crippen molar-refractivity contribution in [2.45, 2.75) is 26.8 Å². The van der Waals surface area contributed by atoms with Crippen LogP contribution in [0.3, 0.4) is 0 Å². The van der Waals surface area contributed by atoms with Crippen LogP contribution in [0.1, 0.15) is 31.1 Å². The lowest BCUT2D eigenvalue weighted by molar-refractivity contribution is -0.138. The average molecular weight is 336 g/mol. The van der Waals surface area contributed by atoms with Gasteiger partial charge in [0.25, 0.3) is 0 Å². The maximum Gasteiger partial charge on any atom is 0.335 e. The summed E-state index contributed by atoms with van der Waals surface area (Å²) in [5.74, 6) is -3.59. The highest BCUT2D eigenvalue weighted by Crippen LogP contribution is 2.22. The number of benzene rings is 1. The minimum atomic E-state index is -1.19. The molecule has 0 bridgehead atoms. The van der Waals surface area contributed by atoms with Crippen molar-refractivity contribution in [1.29, 1.82) is 0 Å². The van der Waals surface area contributed by atoms with Gasteiger partial charge in [-0.25, -0.2) is 4.79 Å². The second-order valence-electron chi connectivity index (χ2n) is 5.54. The number of carboxylic acid groups (broad SMARTS) is 2. The van der Waals surface area contributed by atoms with Crippen LogP contribution in [0.25, 0.3) is 0 Å². The normalized spacial score (nSPS) is 11.7. The van der Waals surface area contributed by atoms with Crippen LogP contribution in [0, 0.1) is 5.92 Å². The Hall–Kier alpha value is -2.90. The first-order valence-electron chi connectivity index (χ1n) is 7.27. The smallest absolute Gasteiger partial charge is 0.335 e. The number of nitrogens with zero attached hydrogens (tertiary/aromatic N) is 1. The van der Waals surface area contributed by atoms with Crippen LogP contribution in [0.4, 0.5) is 5.69 Å². The first-order valence-corrected chi connectivity index (χ1v) is 7.27. The van der Waals surface area contributed by atoms with Crippen molar-refractivity contribution >= 4 is 29.4 Å². The second kappa shape index (κ2) is 8.09. The highest BCUT2D eigenvalue weighted by molar-refractivity contribution is 6.00. The van der Waals surface area contributed by atoms with E-state index in [1.165, 1.54) is 36.1 Å². The van der Waals surface area contributed by atoms with E-state index in [9.17, 15) is 19.2 Å². The molecule has 0 fully saturated rings. The topological polar surface area (TPSA) is 124 Å². The van der Waals surface area contributed by atoms with E-state index in [1.54, 1.807) is 13.8 Å². The molecule has 1 atom stereocenters. The summed E-state index contributed by atoms with van der Waals surface area (Å²) in [4.78, 5) is 47.2. The zero-order valence-corrected chi connectivity index (χ0v) is 13.6. The van der Waals surface area contributed by atoms with Gasteiger partial charge in [0.05, 0.1) is 5.56 Å². The Kier molecular flexibility index (Phi) is 6.46. The molecule has 3 N–H and O–H groups in total. The van der Waals surface area contributed by atoms with Crippen LogP contribution in [-0.4, -0.2) is 46.6 Å². The summed E-state index contributed by atoms with van der Waals surface area (Å²) < 4.78 is 0. The highest BCUT2D eigenvalue weighted by Gasteiger charge is 2.32. The molecule has 0 radical (unpaired) electrons. The fourth-order valence-corrected chi connectivity index (χ4v) is 2.29. The number of hydrogen-bond acceptors (Lipinski definition) is 4. The van der Waals surface area contributed by atoms with Gasteiger partial charge in [-0.3, -0.25) is 19.3 Å². The van der Waals surface area contributed by atoms with Gasteiger partial charge in [0.1, 0.15) is 12.6 Å². The summed E-state index contributed by atoms with van der Waals surface area (Å²) in [5.41, 5.74) is 0.412. The second-order valence-corrected chi connectivity index (χ2v) is 5.54. The van der Waals surface area contributed by atoms with Crippen LogP contribution < -0.4 is 10.2 Å². The summed E-state index contributed by atoms with van der Waals surface area (Å²) in [6.45, 7) is 4.19. The van der Waals surface area contributed by atoms with Gasteiger partial charge < -0.3 is 15.5 Å². The van der Waals surface area contributed by atoms with Crippen molar-refractivity contribution in [3.05, 3.63) is 29.8 Å². The monoisotopic (exact) mass is 336 g/mol. The minimum Gasteiger partial charge on any atom is -0.480 e. The Morgan fingerprint density at radius 3 is 2.00 bits per heavy atom. The number of anilines is 1. The Morgan fingerprint density at radius 2 is 1.62 bits per heavy atom. The number of carboxylic acids is 2. The highest BCUT2D eigenvalue weighted by atomic mass is 16.4. The van der Waals surface area contributed by atoms with Crippen LogP contribution >= 0.6 is 0 Å². The number of carbonyl (C=O) groups is 4. The summed E-state index contributed by atoms with van der Waals surface area (Å²) in [6.07, 6.45) is 0. The summed E-state index contributed by atoms with van der Waals surface area (Å²) in [5, 5.41) is 19.9. The van der Waals surface area contributed by atoms with E-state index in [0.29, 0.717) is 5.69 Å². The Balaban J connectivity index is 3.17. The molecule has 0 aromatic heterocycles. The molecule has 130 valence electrons. The Bertz CT molecular complexity index is 638. The van der Waals surface area contributed by atoms with E-state index in [2.05, 4.69) is 5.32 Å². The molecule has 0 saturated carbocycles. The van der Waals surface area contributed by atoms with E-state index >= 15 is 0 Å². The molecule has 0 aliphatic heterocycles. The molecule has 2 amide bonds. The molecule has 0 saturated heterocycles. The van der Waals surface area contributed by atoms with Gasteiger partial charge in [-0.2, -0.15) is 0 Å². The molecule has 1 rings (SSSR count). The lowest BCUT2D eigenvalue weighted by Gasteiger charge is -2.32. The molecule has 0 aliphatic carbocycles. The number of rotatable bonds is 7. The molecule has 1 aromatic rings. The largest absolute Gasteiger partial charge is 0.480 e. The molecular formula is C16H20N2O6. The van der Waals surface area contributed by atoms with Gasteiger partial charge in [0.2, 0.25) is 11.8 Å². The van der Waals surface area contributed by atoms with E-state index in [1.807, 2.05) is 0 Å². The Labute approximate surface area is 139 Å². The van der Waals surface area contributed by atoms with Crippen molar-refractivity contribution in [3.63, 3.8) is 0 Å². The van der Waals surface area contributed by atoms with Crippen LogP contribution in [0.2, 0.25) is 0 Å². The Morgan fingerprint density at radius 1 is 1.08 bits per heavy atom. The quantitative estimate of drug-likeness (QED) is 0.681. The van der Waals surface area contributed by atoms with E-state index in [0.717, 1.165) is 0 Å². The van der Waals surface area contributed by atoms with Crippen LogP contribution in [-0.2, 0) is 14.4 Å². The van der Waals surface area contributed by atoms with Gasteiger partial charge in [0.15, 0.2) is 0 Å². The van der Waals surface area contributed by atoms with Crippen molar-refractivity contribution in [2.24, 2.45) is 5.92 Å². The maximum atomic E-state index is 12.3. The molecule has 8 nitrogen and oxygen atoms in total. The average Bonchev–Trinajstić information content (AvgIpc) is 2.49. The number of amides is 2. The van der Waals surface area contributed by atoms with E-state index in [4.69, 9.17) is 10.2 Å². The first-order chi connectivity index (χ1) is 11.1. The third-order valence-corrected chi connectivity index (χ3v) is 3.32. The number of carbonyl (C=O) groups excluding carboxylic acids is 2. The molecule has 0 spiro atoms. The van der Waals surface area contributed by atoms with Gasteiger partial charge in [-0.15, -0.1) is 0 Å². The van der Waals surface area contributed by atoms with Crippen molar-refractivity contribution in [3.8, 4) is 0 Å². The van der Waals surface area contributed by atoms with Gasteiger partial charge in [-0.1, -0.05) is 13.8 Å². The molecule has 0 aliphatic rings. The number of aromatic carboxylic acids is 1. The lowest BCUT2D eigenvalue weighted by Crippen LogP contribution is -2.52. The summed E-state index contributed by atoms with van der Waals surface area (Å²) in [7, 11) is 0. The fourth-order valence-electron chi connectivity index (χ4n) is 2.29. The van der Waals surface area contributed by atoms with Crippen LogP contribution in [0.5, 0.6) is 0 Å². The van der Waals surface area contributed by atoms with Crippen LogP contribution in [0.15, 0.2) is 24.3 Å². The predicted molar refractivity (Wildman–Crippen MR) is 85.8 cm³/mol. The standard InChI is InChI=1S/C16H20N2O6/c1-9(2)14(15(22)17-8-13(20)21)18(10(3)19)12-6-4-11(5-7-12)16(23)24/h4-7,9,14H,8H2,1-3H3,(H,17,22)(H,20,21)(H,23,24). The molecule has 1 unspecified atom stereocenters. The summed E-state index contributed by atoms with van der Waals surface area (Å²) >= 11 is 0. The first kappa shape index (κ1) is 19.1. The van der Waals surface area contributed by atoms with Gasteiger partial charge in [0, 0.05) is 12.6 Å². The van der Waals surface area contributed by atoms with Gasteiger partial charge >= 0.3 is 11.9 Å². The number of aliphatic carboxylic acids is 1. The third-order valence-electron chi connectivity index (χ3n) is 3.32. The maximum absolute atomic E-state index is 12.3. The SMILES string of the molecule is CC(=O)N(c1ccc(C(=O)O)cc1)C(C(=O)NCC(=O)O)C(C)C. The zero-order valence-electron chi connectivity index (χ0n) is 13.6. The molecule has 0 heterocycles. The predicted octanol–water partition coefficient (Wildman–Crippen LogP) is 0.963. The summed E-state index contributed by atoms with van der Waals surface area (Å²) in [6, 6.07) is 4.62. The molecule has 8 heteroatoms. The minimum absolute atomic E-state index is 0.0543. The zero-order chi connectivity index (χ0) is 18.4. The van der Waals surface area contributed by atoms with Crippen molar-refractivity contribution in [2.75, 3.05) is 11.4 Å². The lowest BCUT2D eigenvalue weighted by atomic mass is 10.00. The molecular weight excluding hydrogens is 316 g/mol.